The first kappa shape index (κ1) is 16.6. The van der Waals surface area contributed by atoms with Crippen molar-refractivity contribution in [1.82, 2.24) is 14.0 Å². The van der Waals surface area contributed by atoms with Crippen molar-refractivity contribution in [3.8, 4) is 0 Å². The van der Waals surface area contributed by atoms with Crippen LogP contribution in [-0.4, -0.2) is 33.0 Å². The number of fused-ring (bicyclic) bond motifs is 1. The van der Waals surface area contributed by atoms with E-state index in [-0.39, 0.29) is 11.5 Å². The minimum Gasteiger partial charge on any atom is -0.349 e. The van der Waals surface area contributed by atoms with Crippen LogP contribution in [0.5, 0.6) is 0 Å². The number of likely N-dealkylation sites (tertiary alicyclic amines) is 1. The Morgan fingerprint density at radius 3 is 2.46 bits per heavy atom. The third-order valence-electron chi connectivity index (χ3n) is 5.32. The van der Waals surface area contributed by atoms with Crippen molar-refractivity contribution in [2.24, 2.45) is 20.0 Å². The van der Waals surface area contributed by atoms with Crippen LogP contribution in [0, 0.1) is 12.8 Å². The molecule has 1 aliphatic rings. The number of hydrogen-bond acceptors (Lipinski definition) is 2. The van der Waals surface area contributed by atoms with Gasteiger partial charge in [0.2, 0.25) is 0 Å². The number of amides is 1. The van der Waals surface area contributed by atoms with E-state index in [0.29, 0.717) is 16.9 Å². The molecule has 0 spiro atoms. The molecule has 0 bridgehead atoms. The highest BCUT2D eigenvalue weighted by molar-refractivity contribution is 6.07. The highest BCUT2D eigenvalue weighted by Crippen LogP contribution is 2.26. The lowest BCUT2D eigenvalue weighted by Gasteiger charge is -2.39. The van der Waals surface area contributed by atoms with Crippen LogP contribution in [0.4, 0.5) is 0 Å². The third kappa shape index (κ3) is 2.64. The summed E-state index contributed by atoms with van der Waals surface area (Å²) in [4.78, 5) is 27.5. The Hall–Kier alpha value is -2.82. The second-order valence-corrected chi connectivity index (χ2v) is 7.37. The molecule has 0 unspecified atom stereocenters. The van der Waals surface area contributed by atoms with E-state index in [1.54, 1.807) is 17.8 Å². The van der Waals surface area contributed by atoms with Crippen LogP contribution >= 0.6 is 0 Å². The quantitative estimate of drug-likeness (QED) is 0.729. The maximum Gasteiger partial charge on any atom is 0.260 e. The number of aryl methyl sites for hydroxylation is 3. The number of pyridine rings is 1. The smallest absolute Gasteiger partial charge is 0.260 e. The van der Waals surface area contributed by atoms with Crippen LogP contribution in [0.25, 0.3) is 10.9 Å². The van der Waals surface area contributed by atoms with Gasteiger partial charge in [-0.2, -0.15) is 0 Å². The fourth-order valence-electron chi connectivity index (χ4n) is 4.05. The van der Waals surface area contributed by atoms with Gasteiger partial charge in [0.15, 0.2) is 0 Å². The van der Waals surface area contributed by atoms with E-state index in [0.717, 1.165) is 30.6 Å². The molecule has 0 atom stereocenters. The average Bonchev–Trinajstić information content (AvgIpc) is 2.94. The molecule has 0 radical (unpaired) electrons. The summed E-state index contributed by atoms with van der Waals surface area (Å²) in [5, 5.41) is 0.534. The van der Waals surface area contributed by atoms with Gasteiger partial charge >= 0.3 is 0 Å². The van der Waals surface area contributed by atoms with E-state index in [9.17, 15) is 9.59 Å². The van der Waals surface area contributed by atoms with Crippen LogP contribution in [-0.2, 0) is 20.5 Å². The van der Waals surface area contributed by atoms with Crippen LogP contribution in [0.1, 0.15) is 21.5 Å². The normalized spacial score (nSPS) is 14.7. The first-order valence-electron chi connectivity index (χ1n) is 8.94. The van der Waals surface area contributed by atoms with Crippen molar-refractivity contribution < 1.29 is 4.79 Å². The molecule has 5 heteroatoms. The Labute approximate surface area is 152 Å². The van der Waals surface area contributed by atoms with Gasteiger partial charge < -0.3 is 14.0 Å². The molecule has 1 saturated heterocycles. The van der Waals surface area contributed by atoms with Crippen molar-refractivity contribution in [2.75, 3.05) is 13.1 Å². The van der Waals surface area contributed by atoms with Crippen LogP contribution < -0.4 is 5.56 Å². The maximum absolute atomic E-state index is 13.0. The Morgan fingerprint density at radius 1 is 1.08 bits per heavy atom. The number of benzene rings is 1. The fraction of sp³-hybridized carbons (Fsp3) is 0.333. The zero-order valence-electron chi connectivity index (χ0n) is 15.4. The first-order chi connectivity index (χ1) is 12.5. The summed E-state index contributed by atoms with van der Waals surface area (Å²) in [7, 11) is 3.62. The van der Waals surface area contributed by atoms with Gasteiger partial charge in [0.1, 0.15) is 0 Å². The second-order valence-electron chi connectivity index (χ2n) is 7.37. The van der Waals surface area contributed by atoms with E-state index in [2.05, 4.69) is 12.1 Å². The van der Waals surface area contributed by atoms with Gasteiger partial charge in [0, 0.05) is 39.6 Å². The van der Waals surface area contributed by atoms with Crippen molar-refractivity contribution in [2.45, 2.75) is 13.3 Å². The zero-order chi connectivity index (χ0) is 18.4. The lowest BCUT2D eigenvalue weighted by atomic mass is 9.91. The maximum atomic E-state index is 13.0. The highest BCUT2D eigenvalue weighted by Gasteiger charge is 2.33. The van der Waals surface area contributed by atoms with Gasteiger partial charge in [-0.05, 0) is 30.4 Å². The molecule has 1 aromatic carbocycles. The number of hydrogen-bond donors (Lipinski definition) is 0. The average molecular weight is 349 g/mol. The Bertz CT molecular complexity index is 1040. The summed E-state index contributed by atoms with van der Waals surface area (Å²) in [6, 6.07) is 10.4. The molecule has 2 aromatic heterocycles. The topological polar surface area (TPSA) is 47.2 Å². The van der Waals surface area contributed by atoms with E-state index >= 15 is 0 Å². The zero-order valence-corrected chi connectivity index (χ0v) is 15.4. The number of carbonyl (C=O) groups excluding carboxylic acids is 1. The highest BCUT2D eigenvalue weighted by atomic mass is 16.2. The summed E-state index contributed by atoms with van der Waals surface area (Å²) >= 11 is 0. The summed E-state index contributed by atoms with van der Waals surface area (Å²) in [5.41, 5.74) is 3.55. The molecule has 26 heavy (non-hydrogen) atoms. The minimum absolute atomic E-state index is 0.0392. The van der Waals surface area contributed by atoms with E-state index in [1.807, 2.05) is 47.8 Å². The lowest BCUT2D eigenvalue weighted by Crippen LogP contribution is -2.50. The molecule has 3 aromatic rings. The van der Waals surface area contributed by atoms with Crippen molar-refractivity contribution >= 4 is 16.8 Å². The molecule has 4 rings (SSSR count). The summed E-state index contributed by atoms with van der Waals surface area (Å²) in [6.07, 6.45) is 4.60. The third-order valence-corrected chi connectivity index (χ3v) is 5.32. The molecule has 1 aliphatic heterocycles. The van der Waals surface area contributed by atoms with Crippen LogP contribution in [0.2, 0.25) is 0 Å². The number of nitrogens with zero attached hydrogens (tertiary/aromatic N) is 3. The lowest BCUT2D eigenvalue weighted by molar-refractivity contribution is 0.0503. The van der Waals surface area contributed by atoms with E-state index < -0.39 is 0 Å². The monoisotopic (exact) mass is 349 g/mol. The van der Waals surface area contributed by atoms with Crippen LogP contribution in [0.15, 0.2) is 47.5 Å². The summed E-state index contributed by atoms with van der Waals surface area (Å²) in [5.74, 6) is 0.448. The minimum atomic E-state index is -0.115. The SMILES string of the molecule is Cc1cn(C)c(=O)c2c(C(=O)N3CC(Cc4ccccc4)C3)cn(C)c12. The molecule has 3 heterocycles. The van der Waals surface area contributed by atoms with Crippen molar-refractivity contribution in [3.05, 3.63) is 69.8 Å². The standard InChI is InChI=1S/C21H23N3O2/c1-14-10-23(3)21(26)18-17(13-22(2)19(14)18)20(25)24-11-16(12-24)9-15-7-5-4-6-8-15/h4-8,10,13,16H,9,11-12H2,1-3H3. The van der Waals surface area contributed by atoms with Gasteiger partial charge in [-0.1, -0.05) is 30.3 Å². The summed E-state index contributed by atoms with van der Waals surface area (Å²) in [6.45, 7) is 3.46. The van der Waals surface area contributed by atoms with Gasteiger partial charge in [0.25, 0.3) is 11.5 Å². The Morgan fingerprint density at radius 2 is 1.77 bits per heavy atom. The fourth-order valence-corrected chi connectivity index (χ4v) is 4.05. The molecule has 0 aliphatic carbocycles. The van der Waals surface area contributed by atoms with Crippen molar-refractivity contribution in [3.63, 3.8) is 0 Å². The van der Waals surface area contributed by atoms with Gasteiger partial charge in [-0.15, -0.1) is 0 Å². The van der Waals surface area contributed by atoms with Gasteiger partial charge in [-0.3, -0.25) is 9.59 Å². The molecule has 134 valence electrons. The molecule has 0 saturated carbocycles. The molecule has 0 N–H and O–H groups in total. The Kier molecular flexibility index (Phi) is 3.94. The molecule has 1 fully saturated rings. The first-order valence-corrected chi connectivity index (χ1v) is 8.94. The second kappa shape index (κ2) is 6.16. The van der Waals surface area contributed by atoms with E-state index in [4.69, 9.17) is 0 Å². The summed E-state index contributed by atoms with van der Waals surface area (Å²) < 4.78 is 3.45. The predicted molar refractivity (Wildman–Crippen MR) is 102 cm³/mol. The molecule has 1 amide bonds. The van der Waals surface area contributed by atoms with E-state index in [1.165, 1.54) is 5.56 Å². The molecule has 5 nitrogen and oxygen atoms in total. The molecular formula is C21H23N3O2. The number of aromatic nitrogens is 2. The van der Waals surface area contributed by atoms with Gasteiger partial charge in [0.05, 0.1) is 16.5 Å². The van der Waals surface area contributed by atoms with Crippen molar-refractivity contribution in [1.29, 1.82) is 0 Å². The number of rotatable bonds is 3. The van der Waals surface area contributed by atoms with Gasteiger partial charge in [-0.25, -0.2) is 0 Å². The predicted octanol–water partition coefficient (Wildman–Crippen LogP) is 2.50. The largest absolute Gasteiger partial charge is 0.349 e. The molecular weight excluding hydrogens is 326 g/mol. The van der Waals surface area contributed by atoms with Crippen LogP contribution in [0.3, 0.4) is 0 Å². The number of carbonyl (C=O) groups is 1. The Balaban J connectivity index is 1.58.